The Bertz CT molecular complexity index is 991. The number of ether oxygens (including phenoxy) is 1. The number of carbonyl (C=O) groups excluding carboxylic acids is 1. The quantitative estimate of drug-likeness (QED) is 0.721. The highest BCUT2D eigenvalue weighted by molar-refractivity contribution is 6.31. The number of fused-ring (bicyclic) bond motifs is 3. The molecule has 1 aliphatic heterocycles. The first-order valence-corrected chi connectivity index (χ1v) is 8.18. The topological polar surface area (TPSA) is 82.2 Å². The van der Waals surface area contributed by atoms with Crippen molar-refractivity contribution in [2.45, 2.75) is 19.9 Å². The standard InChI is InChI=1S/C17H15ClN4O3/c1-3-25-16(23)14-9(2)20-17-21-11-6-10(18)4-5-13(11)22(17)15(14)12-7-24-8-19-12/h4-8,15H,3H2,1-2H3,(H,20,21)/t15-/m0/s1. The van der Waals surface area contributed by atoms with Gasteiger partial charge in [0.05, 0.1) is 23.2 Å². The van der Waals surface area contributed by atoms with E-state index in [9.17, 15) is 4.79 Å². The van der Waals surface area contributed by atoms with Crippen molar-refractivity contribution in [1.82, 2.24) is 14.5 Å². The molecule has 0 aliphatic carbocycles. The van der Waals surface area contributed by atoms with Gasteiger partial charge in [0.2, 0.25) is 5.95 Å². The number of halogens is 1. The van der Waals surface area contributed by atoms with Gasteiger partial charge in [0.1, 0.15) is 18.0 Å². The van der Waals surface area contributed by atoms with Gasteiger partial charge in [0.15, 0.2) is 6.39 Å². The SMILES string of the molecule is CCOC(=O)C1=C(C)Nc2nc3cc(Cl)ccc3n2[C@H]1c1cocn1. The van der Waals surface area contributed by atoms with Crippen LogP contribution >= 0.6 is 11.6 Å². The van der Waals surface area contributed by atoms with E-state index in [-0.39, 0.29) is 6.61 Å². The van der Waals surface area contributed by atoms with E-state index in [1.165, 1.54) is 12.7 Å². The van der Waals surface area contributed by atoms with Gasteiger partial charge in [0, 0.05) is 10.7 Å². The normalized spacial score (nSPS) is 16.7. The first-order chi connectivity index (χ1) is 12.1. The molecule has 0 radical (unpaired) electrons. The van der Waals surface area contributed by atoms with E-state index in [1.807, 2.05) is 17.6 Å². The predicted molar refractivity (Wildman–Crippen MR) is 92.3 cm³/mol. The number of nitrogens with zero attached hydrogens (tertiary/aromatic N) is 3. The average molecular weight is 359 g/mol. The van der Waals surface area contributed by atoms with Crippen LogP contribution in [0.4, 0.5) is 5.95 Å². The molecule has 2 aromatic heterocycles. The predicted octanol–water partition coefficient (Wildman–Crippen LogP) is 3.53. The van der Waals surface area contributed by atoms with Crippen molar-refractivity contribution in [2.24, 2.45) is 0 Å². The second-order valence-electron chi connectivity index (χ2n) is 5.64. The van der Waals surface area contributed by atoms with Crippen LogP contribution in [0.3, 0.4) is 0 Å². The molecular weight excluding hydrogens is 344 g/mol. The maximum absolute atomic E-state index is 12.6. The maximum atomic E-state index is 12.6. The first-order valence-electron chi connectivity index (χ1n) is 7.80. The van der Waals surface area contributed by atoms with E-state index >= 15 is 0 Å². The van der Waals surface area contributed by atoms with Crippen LogP contribution in [-0.2, 0) is 9.53 Å². The van der Waals surface area contributed by atoms with Gasteiger partial charge < -0.3 is 14.5 Å². The third kappa shape index (κ3) is 2.47. The van der Waals surface area contributed by atoms with Crippen molar-refractivity contribution in [3.05, 3.63) is 52.8 Å². The molecule has 0 fully saturated rings. The van der Waals surface area contributed by atoms with Crippen LogP contribution in [0.25, 0.3) is 11.0 Å². The summed E-state index contributed by atoms with van der Waals surface area (Å²) in [6.45, 7) is 3.87. The molecule has 128 valence electrons. The van der Waals surface area contributed by atoms with Crippen LogP contribution in [-0.4, -0.2) is 27.1 Å². The summed E-state index contributed by atoms with van der Waals surface area (Å²) in [7, 11) is 0. The highest BCUT2D eigenvalue weighted by atomic mass is 35.5. The molecule has 1 atom stereocenters. The Kier molecular flexibility index (Phi) is 3.73. The van der Waals surface area contributed by atoms with Crippen molar-refractivity contribution in [3.63, 3.8) is 0 Å². The Hall–Kier alpha value is -2.80. The molecule has 3 aromatic rings. The van der Waals surface area contributed by atoms with Crippen molar-refractivity contribution in [2.75, 3.05) is 11.9 Å². The molecule has 3 heterocycles. The third-order valence-electron chi connectivity index (χ3n) is 4.11. The van der Waals surface area contributed by atoms with E-state index < -0.39 is 12.0 Å². The van der Waals surface area contributed by atoms with Crippen LogP contribution in [0.15, 0.2) is 46.5 Å². The lowest BCUT2D eigenvalue weighted by Crippen LogP contribution is -2.29. The number of oxazole rings is 1. The lowest BCUT2D eigenvalue weighted by Gasteiger charge is -2.28. The fourth-order valence-electron chi connectivity index (χ4n) is 3.10. The lowest BCUT2D eigenvalue weighted by molar-refractivity contribution is -0.139. The lowest BCUT2D eigenvalue weighted by atomic mass is 10.00. The Labute approximate surface area is 148 Å². The molecule has 0 amide bonds. The Morgan fingerprint density at radius 1 is 1.48 bits per heavy atom. The molecule has 7 nitrogen and oxygen atoms in total. The molecule has 0 bridgehead atoms. The molecule has 4 rings (SSSR count). The molecule has 8 heteroatoms. The molecule has 1 N–H and O–H groups in total. The minimum absolute atomic E-state index is 0.286. The van der Waals surface area contributed by atoms with Gasteiger partial charge in [-0.25, -0.2) is 14.8 Å². The van der Waals surface area contributed by atoms with Gasteiger partial charge in [-0.2, -0.15) is 0 Å². The van der Waals surface area contributed by atoms with Gasteiger partial charge in [-0.15, -0.1) is 0 Å². The second kappa shape index (κ2) is 5.93. The number of esters is 1. The van der Waals surface area contributed by atoms with Gasteiger partial charge in [-0.1, -0.05) is 11.6 Å². The summed E-state index contributed by atoms with van der Waals surface area (Å²) < 4.78 is 12.3. The maximum Gasteiger partial charge on any atom is 0.338 e. The van der Waals surface area contributed by atoms with Crippen molar-refractivity contribution >= 4 is 34.6 Å². The molecular formula is C17H15ClN4O3. The summed E-state index contributed by atoms with van der Waals surface area (Å²) in [6.07, 6.45) is 2.86. The minimum Gasteiger partial charge on any atom is -0.463 e. The number of rotatable bonds is 3. The van der Waals surface area contributed by atoms with Crippen LogP contribution in [0.1, 0.15) is 25.6 Å². The first kappa shape index (κ1) is 15.7. The monoisotopic (exact) mass is 358 g/mol. The molecule has 25 heavy (non-hydrogen) atoms. The van der Waals surface area contributed by atoms with Crippen molar-refractivity contribution in [3.8, 4) is 0 Å². The third-order valence-corrected chi connectivity index (χ3v) is 4.35. The van der Waals surface area contributed by atoms with Crippen LogP contribution < -0.4 is 5.32 Å². The average Bonchev–Trinajstić information content (AvgIpc) is 3.20. The van der Waals surface area contributed by atoms with Crippen LogP contribution in [0.5, 0.6) is 0 Å². The van der Waals surface area contributed by atoms with E-state index in [0.29, 0.717) is 27.9 Å². The number of benzene rings is 1. The molecule has 1 aromatic carbocycles. The number of carbonyl (C=O) groups is 1. The summed E-state index contributed by atoms with van der Waals surface area (Å²) in [5, 5.41) is 3.77. The molecule has 0 saturated heterocycles. The highest BCUT2D eigenvalue weighted by Gasteiger charge is 2.36. The molecule has 0 unspecified atom stereocenters. The fraction of sp³-hybridized carbons (Fsp3) is 0.235. The number of anilines is 1. The van der Waals surface area contributed by atoms with Crippen molar-refractivity contribution in [1.29, 1.82) is 0 Å². The number of allylic oxidation sites excluding steroid dienone is 1. The number of aromatic nitrogens is 3. The Balaban J connectivity index is 1.97. The summed E-state index contributed by atoms with van der Waals surface area (Å²) in [5.74, 6) is 0.206. The van der Waals surface area contributed by atoms with Gasteiger partial charge in [-0.3, -0.25) is 4.57 Å². The number of hydrogen-bond donors (Lipinski definition) is 1. The van der Waals surface area contributed by atoms with E-state index in [0.717, 1.165) is 11.0 Å². The summed E-state index contributed by atoms with van der Waals surface area (Å²) in [6, 6.07) is 4.93. The number of hydrogen-bond acceptors (Lipinski definition) is 6. The van der Waals surface area contributed by atoms with E-state index in [2.05, 4.69) is 15.3 Å². The second-order valence-corrected chi connectivity index (χ2v) is 6.07. The number of imidazole rings is 1. The van der Waals surface area contributed by atoms with Gasteiger partial charge in [0.25, 0.3) is 0 Å². The van der Waals surface area contributed by atoms with E-state index in [4.69, 9.17) is 20.8 Å². The number of nitrogens with one attached hydrogen (secondary N) is 1. The highest BCUT2D eigenvalue weighted by Crippen LogP contribution is 2.39. The van der Waals surface area contributed by atoms with Gasteiger partial charge in [-0.05, 0) is 32.0 Å². The minimum atomic E-state index is -0.500. The Morgan fingerprint density at radius 3 is 3.04 bits per heavy atom. The van der Waals surface area contributed by atoms with Crippen LogP contribution in [0, 0.1) is 0 Å². The largest absolute Gasteiger partial charge is 0.463 e. The summed E-state index contributed by atoms with van der Waals surface area (Å²) in [4.78, 5) is 21.4. The van der Waals surface area contributed by atoms with E-state index in [1.54, 1.807) is 19.1 Å². The smallest absolute Gasteiger partial charge is 0.338 e. The Morgan fingerprint density at radius 2 is 2.32 bits per heavy atom. The molecule has 0 spiro atoms. The zero-order chi connectivity index (χ0) is 17.6. The van der Waals surface area contributed by atoms with Crippen molar-refractivity contribution < 1.29 is 13.9 Å². The summed E-state index contributed by atoms with van der Waals surface area (Å²) in [5.41, 5.74) is 3.29. The van der Waals surface area contributed by atoms with Gasteiger partial charge >= 0.3 is 5.97 Å². The summed E-state index contributed by atoms with van der Waals surface area (Å²) >= 11 is 6.09. The molecule has 1 aliphatic rings. The molecule has 0 saturated carbocycles. The zero-order valence-corrected chi connectivity index (χ0v) is 14.4. The van der Waals surface area contributed by atoms with Crippen LogP contribution in [0.2, 0.25) is 5.02 Å². The zero-order valence-electron chi connectivity index (χ0n) is 13.6. The fourth-order valence-corrected chi connectivity index (χ4v) is 3.27.